The highest BCUT2D eigenvalue weighted by atomic mass is 35.5. The zero-order valence-corrected chi connectivity index (χ0v) is 15.6. The number of halogens is 1. The normalized spacial score (nSPS) is 13.5. The fraction of sp³-hybridized carbons (Fsp3) is 0.130. The van der Waals surface area contributed by atoms with Gasteiger partial charge in [-0.25, -0.2) is 0 Å². The Labute approximate surface area is 163 Å². The second-order valence-electron chi connectivity index (χ2n) is 6.44. The number of Topliss-reactive ketones (excluding diaryl/α,β-unsaturated/α-hetero) is 1. The number of hydrogen-bond acceptors (Lipinski definition) is 3. The van der Waals surface area contributed by atoms with Crippen molar-refractivity contribution in [2.24, 2.45) is 4.99 Å². The minimum atomic E-state index is 0.0126. The van der Waals surface area contributed by atoms with Gasteiger partial charge in [0.2, 0.25) is 0 Å². The van der Waals surface area contributed by atoms with Crippen LogP contribution < -0.4 is 4.90 Å². The third-order valence-electron chi connectivity index (χ3n) is 4.70. The first-order chi connectivity index (χ1) is 13.2. The topological polar surface area (TPSA) is 32.7 Å². The summed E-state index contributed by atoms with van der Waals surface area (Å²) in [6, 6.07) is 25.5. The van der Waals surface area contributed by atoms with Crippen molar-refractivity contribution >= 4 is 28.8 Å². The number of hydrogen-bond donors (Lipinski definition) is 0. The maximum Gasteiger partial charge on any atom is 0.183 e. The van der Waals surface area contributed by atoms with E-state index in [9.17, 15) is 4.79 Å². The molecule has 0 atom stereocenters. The number of carbonyl (C=O) groups excluding carboxylic acids is 1. The Morgan fingerprint density at radius 2 is 1.63 bits per heavy atom. The van der Waals surface area contributed by atoms with Gasteiger partial charge in [-0.15, -0.1) is 0 Å². The number of benzene rings is 3. The molecule has 0 fully saturated rings. The monoisotopic (exact) mass is 374 g/mol. The number of aliphatic imine (C=N–C) groups is 1. The highest BCUT2D eigenvalue weighted by molar-refractivity contribution is 6.34. The van der Waals surface area contributed by atoms with E-state index >= 15 is 0 Å². The fourth-order valence-corrected chi connectivity index (χ4v) is 3.63. The molecule has 0 aromatic heterocycles. The number of ketones is 1. The van der Waals surface area contributed by atoms with Gasteiger partial charge in [-0.3, -0.25) is 9.79 Å². The minimum Gasteiger partial charge on any atom is -0.361 e. The Hall–Kier alpha value is -2.91. The largest absolute Gasteiger partial charge is 0.361 e. The van der Waals surface area contributed by atoms with Crippen LogP contribution in [-0.4, -0.2) is 31.1 Å². The summed E-state index contributed by atoms with van der Waals surface area (Å²) in [4.78, 5) is 19.8. The second-order valence-corrected chi connectivity index (χ2v) is 6.85. The van der Waals surface area contributed by atoms with Crippen LogP contribution in [0.3, 0.4) is 0 Å². The third-order valence-corrected chi connectivity index (χ3v) is 5.03. The predicted molar refractivity (Wildman–Crippen MR) is 111 cm³/mol. The van der Waals surface area contributed by atoms with Crippen LogP contribution in [-0.2, 0) is 0 Å². The Morgan fingerprint density at radius 3 is 2.44 bits per heavy atom. The summed E-state index contributed by atoms with van der Waals surface area (Å²) in [7, 11) is 0. The van der Waals surface area contributed by atoms with Crippen LogP contribution >= 0.6 is 11.6 Å². The molecule has 0 spiro atoms. The number of nitrogens with zero attached hydrogens (tertiary/aromatic N) is 2. The van der Waals surface area contributed by atoms with Gasteiger partial charge >= 0.3 is 0 Å². The smallest absolute Gasteiger partial charge is 0.183 e. The first kappa shape index (κ1) is 17.5. The van der Waals surface area contributed by atoms with Gasteiger partial charge in [-0.2, -0.15) is 0 Å². The van der Waals surface area contributed by atoms with Crippen LogP contribution in [0.25, 0.3) is 0 Å². The molecule has 27 heavy (non-hydrogen) atoms. The average Bonchev–Trinajstić information content (AvgIpc) is 2.89. The lowest BCUT2D eigenvalue weighted by atomic mass is 10.00. The van der Waals surface area contributed by atoms with Crippen LogP contribution in [0, 0.1) is 0 Å². The summed E-state index contributed by atoms with van der Waals surface area (Å²) in [6.45, 7) is 1.59. The Morgan fingerprint density at radius 1 is 0.926 bits per heavy atom. The van der Waals surface area contributed by atoms with E-state index in [4.69, 9.17) is 16.6 Å². The molecule has 0 bridgehead atoms. The molecular weight excluding hydrogens is 356 g/mol. The van der Waals surface area contributed by atoms with Crippen LogP contribution in [0.5, 0.6) is 0 Å². The molecule has 3 aromatic carbocycles. The Bertz CT molecular complexity index is 998. The molecule has 0 amide bonds. The summed E-state index contributed by atoms with van der Waals surface area (Å²) in [5.41, 5.74) is 4.69. The minimum absolute atomic E-state index is 0.0126. The fourth-order valence-electron chi connectivity index (χ4n) is 3.39. The van der Waals surface area contributed by atoms with Crippen LogP contribution in [0.1, 0.15) is 21.5 Å². The maximum atomic E-state index is 12.8. The Kier molecular flexibility index (Phi) is 5.03. The SMILES string of the molecule is O=C(CN1CCN=C(c2ccccc2)c2ccccc21)c1ccccc1Cl. The number of fused-ring (bicyclic) bond motifs is 1. The van der Waals surface area contributed by atoms with Gasteiger partial charge in [0.15, 0.2) is 5.78 Å². The summed E-state index contributed by atoms with van der Waals surface area (Å²) in [5.74, 6) is 0.0126. The van der Waals surface area contributed by atoms with Gasteiger partial charge in [-0.05, 0) is 18.2 Å². The van der Waals surface area contributed by atoms with Gasteiger partial charge in [0, 0.05) is 28.9 Å². The van der Waals surface area contributed by atoms with E-state index in [-0.39, 0.29) is 12.3 Å². The van der Waals surface area contributed by atoms with Crippen molar-refractivity contribution in [1.29, 1.82) is 0 Å². The molecule has 0 N–H and O–H groups in total. The first-order valence-corrected chi connectivity index (χ1v) is 9.34. The first-order valence-electron chi connectivity index (χ1n) is 8.96. The molecule has 1 aliphatic heterocycles. The highest BCUT2D eigenvalue weighted by Gasteiger charge is 2.22. The second kappa shape index (κ2) is 7.77. The molecule has 3 aromatic rings. The molecule has 4 rings (SSSR count). The average molecular weight is 375 g/mol. The van der Waals surface area contributed by atoms with Crippen LogP contribution in [0.2, 0.25) is 5.02 Å². The van der Waals surface area contributed by atoms with Gasteiger partial charge in [-0.1, -0.05) is 72.3 Å². The molecule has 0 aliphatic carbocycles. The Balaban J connectivity index is 1.68. The van der Waals surface area contributed by atoms with E-state index in [0.29, 0.717) is 23.7 Å². The molecule has 1 heterocycles. The summed E-state index contributed by atoms with van der Waals surface area (Å²) in [6.07, 6.45) is 0. The highest BCUT2D eigenvalue weighted by Crippen LogP contribution is 2.27. The van der Waals surface area contributed by atoms with E-state index in [1.165, 1.54) is 0 Å². The molecule has 0 radical (unpaired) electrons. The lowest BCUT2D eigenvalue weighted by molar-refractivity contribution is 0.0999. The maximum absolute atomic E-state index is 12.8. The van der Waals surface area contributed by atoms with Crippen molar-refractivity contribution in [2.45, 2.75) is 0 Å². The van der Waals surface area contributed by atoms with E-state index in [1.807, 2.05) is 42.5 Å². The van der Waals surface area contributed by atoms with Gasteiger partial charge in [0.1, 0.15) is 0 Å². The molecule has 4 heteroatoms. The lowest BCUT2D eigenvalue weighted by Gasteiger charge is -2.24. The van der Waals surface area contributed by atoms with Crippen molar-refractivity contribution in [2.75, 3.05) is 24.5 Å². The van der Waals surface area contributed by atoms with Crippen LogP contribution in [0.4, 0.5) is 5.69 Å². The van der Waals surface area contributed by atoms with Crippen molar-refractivity contribution < 1.29 is 4.79 Å². The summed E-state index contributed by atoms with van der Waals surface area (Å²) < 4.78 is 0. The predicted octanol–water partition coefficient (Wildman–Crippen LogP) is 4.88. The van der Waals surface area contributed by atoms with E-state index < -0.39 is 0 Å². The lowest BCUT2D eigenvalue weighted by Crippen LogP contribution is -2.32. The zero-order chi connectivity index (χ0) is 18.6. The molecule has 3 nitrogen and oxygen atoms in total. The van der Waals surface area contributed by atoms with E-state index in [2.05, 4.69) is 29.2 Å². The van der Waals surface area contributed by atoms with Crippen molar-refractivity contribution in [3.05, 3.63) is 101 Å². The molecule has 0 unspecified atom stereocenters. The molecule has 0 saturated carbocycles. The summed E-state index contributed by atoms with van der Waals surface area (Å²) in [5, 5.41) is 0.492. The number of rotatable bonds is 4. The third kappa shape index (κ3) is 3.64. The molecular formula is C23H19ClN2O. The van der Waals surface area contributed by atoms with Crippen molar-refractivity contribution in [3.63, 3.8) is 0 Å². The zero-order valence-electron chi connectivity index (χ0n) is 14.8. The molecule has 134 valence electrons. The number of benzodiazepines with no additional fused rings is 1. The number of anilines is 1. The van der Waals surface area contributed by atoms with E-state index in [0.717, 1.165) is 22.5 Å². The van der Waals surface area contributed by atoms with Crippen molar-refractivity contribution in [3.8, 4) is 0 Å². The number of para-hydroxylation sites is 1. The quantitative estimate of drug-likeness (QED) is 0.609. The van der Waals surface area contributed by atoms with Crippen molar-refractivity contribution in [1.82, 2.24) is 0 Å². The number of carbonyl (C=O) groups is 1. The van der Waals surface area contributed by atoms with Gasteiger partial charge in [0.05, 0.1) is 23.8 Å². The molecule has 1 aliphatic rings. The van der Waals surface area contributed by atoms with Crippen LogP contribution in [0.15, 0.2) is 83.9 Å². The van der Waals surface area contributed by atoms with Gasteiger partial charge < -0.3 is 4.90 Å². The van der Waals surface area contributed by atoms with E-state index in [1.54, 1.807) is 12.1 Å². The standard InChI is InChI=1S/C23H19ClN2O/c24-20-12-6-4-10-18(20)22(27)16-26-15-14-25-23(17-8-2-1-3-9-17)19-11-5-7-13-21(19)26/h1-13H,14-16H2. The molecule has 0 saturated heterocycles. The van der Waals surface area contributed by atoms with Gasteiger partial charge in [0.25, 0.3) is 0 Å². The summed E-state index contributed by atoms with van der Waals surface area (Å²) >= 11 is 6.21.